The molecule has 0 spiro atoms. The van der Waals surface area contributed by atoms with E-state index in [4.69, 9.17) is 0 Å². The van der Waals surface area contributed by atoms with Gasteiger partial charge in [-0.2, -0.15) is 0 Å². The third kappa shape index (κ3) is 2.96. The first-order valence-electron chi connectivity index (χ1n) is 10.3. The number of hydrogen-bond acceptors (Lipinski definition) is 2. The van der Waals surface area contributed by atoms with Crippen molar-refractivity contribution in [3.8, 4) is 11.3 Å². The lowest BCUT2D eigenvalue weighted by Crippen LogP contribution is -2.28. The normalized spacial score (nSPS) is 24.6. The molecule has 1 aromatic heterocycles. The highest BCUT2D eigenvalue weighted by Gasteiger charge is 2.35. The van der Waals surface area contributed by atoms with Gasteiger partial charge >= 0.3 is 0 Å². The number of halogens is 1. The Morgan fingerprint density at radius 1 is 1.04 bits per heavy atom. The van der Waals surface area contributed by atoms with Crippen molar-refractivity contribution in [2.24, 2.45) is 5.92 Å². The molecule has 0 bridgehead atoms. The van der Waals surface area contributed by atoms with Gasteiger partial charge in [-0.1, -0.05) is 42.5 Å². The molecule has 144 valence electrons. The lowest BCUT2D eigenvalue weighted by Gasteiger charge is -2.33. The third-order valence-corrected chi connectivity index (χ3v) is 6.72. The molecule has 1 N–H and O–H groups in total. The average Bonchev–Trinajstić information content (AvgIpc) is 3.32. The fraction of sp³-hybridized carbons (Fsp3) is 0.375. The Balaban J connectivity index is 1.30. The maximum atomic E-state index is 14.6. The van der Waals surface area contributed by atoms with Crippen LogP contribution in [0.5, 0.6) is 0 Å². The molecule has 0 saturated heterocycles. The van der Waals surface area contributed by atoms with E-state index in [1.54, 1.807) is 18.6 Å². The topological polar surface area (TPSA) is 38.1 Å². The molecule has 1 aliphatic carbocycles. The minimum absolute atomic E-state index is 0.171. The molecule has 2 heterocycles. The number of aliphatic hydroxyl groups excluding tert-OH is 1. The minimum Gasteiger partial charge on any atom is -0.393 e. The second-order valence-electron chi connectivity index (χ2n) is 8.23. The van der Waals surface area contributed by atoms with E-state index in [0.717, 1.165) is 36.9 Å². The van der Waals surface area contributed by atoms with Crippen molar-refractivity contribution in [3.63, 3.8) is 0 Å². The average molecular weight is 376 g/mol. The van der Waals surface area contributed by atoms with Crippen LogP contribution in [0.2, 0.25) is 0 Å². The van der Waals surface area contributed by atoms with Gasteiger partial charge in [-0.25, -0.2) is 9.37 Å². The summed E-state index contributed by atoms with van der Waals surface area (Å²) in [7, 11) is 0. The Morgan fingerprint density at radius 3 is 2.61 bits per heavy atom. The highest BCUT2D eigenvalue weighted by Crippen LogP contribution is 2.45. The van der Waals surface area contributed by atoms with Crippen LogP contribution >= 0.6 is 0 Å². The van der Waals surface area contributed by atoms with Gasteiger partial charge in [0.1, 0.15) is 5.82 Å². The molecule has 1 saturated carbocycles. The molecule has 2 atom stereocenters. The van der Waals surface area contributed by atoms with Gasteiger partial charge in [0, 0.05) is 11.1 Å². The smallest absolute Gasteiger partial charge is 0.129 e. The van der Waals surface area contributed by atoms with E-state index in [1.807, 2.05) is 10.6 Å². The van der Waals surface area contributed by atoms with Crippen molar-refractivity contribution < 1.29 is 9.50 Å². The molecule has 4 heteroatoms. The molecular weight excluding hydrogens is 351 g/mol. The van der Waals surface area contributed by atoms with E-state index in [-0.39, 0.29) is 17.8 Å². The summed E-state index contributed by atoms with van der Waals surface area (Å²) in [4.78, 5) is 4.24. The van der Waals surface area contributed by atoms with Crippen LogP contribution in [0.1, 0.15) is 55.2 Å². The molecule has 3 nitrogen and oxygen atoms in total. The number of aliphatic hydroxyl groups is 1. The molecule has 28 heavy (non-hydrogen) atoms. The highest BCUT2D eigenvalue weighted by atomic mass is 19.1. The Labute approximate surface area is 164 Å². The van der Waals surface area contributed by atoms with E-state index in [1.165, 1.54) is 11.6 Å². The van der Waals surface area contributed by atoms with E-state index in [2.05, 4.69) is 35.3 Å². The summed E-state index contributed by atoms with van der Waals surface area (Å²) < 4.78 is 16.6. The zero-order valence-corrected chi connectivity index (χ0v) is 15.8. The van der Waals surface area contributed by atoms with Crippen LogP contribution in [0.25, 0.3) is 11.3 Å². The van der Waals surface area contributed by atoms with Crippen LogP contribution in [-0.2, 0) is 0 Å². The monoisotopic (exact) mass is 376 g/mol. The van der Waals surface area contributed by atoms with Gasteiger partial charge in [-0.3, -0.25) is 0 Å². The van der Waals surface area contributed by atoms with Gasteiger partial charge in [0.25, 0.3) is 0 Å². The predicted molar refractivity (Wildman–Crippen MR) is 108 cm³/mol. The van der Waals surface area contributed by atoms with Gasteiger partial charge in [-0.05, 0) is 55.6 Å². The second kappa shape index (κ2) is 7.17. The first-order chi connectivity index (χ1) is 13.7. The summed E-state index contributed by atoms with van der Waals surface area (Å²) in [6.45, 7) is 0. The number of benzene rings is 2. The van der Waals surface area contributed by atoms with Crippen molar-refractivity contribution in [2.75, 3.05) is 0 Å². The van der Waals surface area contributed by atoms with Crippen LogP contribution in [-0.4, -0.2) is 20.8 Å². The minimum atomic E-state index is -0.428. The standard InChI is InChI=1S/C24H25FN2O/c25-20-8-4-7-19-22-14-26-15-27(22)21(24(19)20)13-23(28)18-11-9-17(10-12-18)16-5-2-1-3-6-16/h1-8,14-15,17-18,21,23,28H,9-13H2/t17-,18+,21?,23?. The molecule has 0 amide bonds. The van der Waals surface area contributed by atoms with Crippen LogP contribution in [0.15, 0.2) is 61.1 Å². The van der Waals surface area contributed by atoms with Crippen molar-refractivity contribution in [1.82, 2.24) is 9.55 Å². The summed E-state index contributed by atoms with van der Waals surface area (Å²) >= 11 is 0. The fourth-order valence-electron chi connectivity index (χ4n) is 5.21. The summed E-state index contributed by atoms with van der Waals surface area (Å²) in [5.41, 5.74) is 3.96. The Morgan fingerprint density at radius 2 is 1.82 bits per heavy atom. The van der Waals surface area contributed by atoms with Crippen LogP contribution in [0.3, 0.4) is 0 Å². The molecule has 0 radical (unpaired) electrons. The van der Waals surface area contributed by atoms with Crippen molar-refractivity contribution >= 4 is 0 Å². The van der Waals surface area contributed by atoms with Crippen molar-refractivity contribution in [2.45, 2.75) is 50.2 Å². The number of fused-ring (bicyclic) bond motifs is 3. The largest absolute Gasteiger partial charge is 0.393 e. The number of hydrogen-bond donors (Lipinski definition) is 1. The quantitative estimate of drug-likeness (QED) is 0.669. The van der Waals surface area contributed by atoms with Crippen LogP contribution in [0, 0.1) is 11.7 Å². The Kier molecular flexibility index (Phi) is 4.52. The maximum absolute atomic E-state index is 14.6. The number of imidazole rings is 1. The third-order valence-electron chi connectivity index (χ3n) is 6.72. The Hall–Kier alpha value is -2.46. The molecule has 2 aromatic carbocycles. The van der Waals surface area contributed by atoms with Crippen molar-refractivity contribution in [1.29, 1.82) is 0 Å². The van der Waals surface area contributed by atoms with Gasteiger partial charge in [0.05, 0.1) is 30.4 Å². The van der Waals surface area contributed by atoms with Gasteiger partial charge in [-0.15, -0.1) is 0 Å². The highest BCUT2D eigenvalue weighted by molar-refractivity contribution is 5.69. The van der Waals surface area contributed by atoms with Gasteiger partial charge < -0.3 is 9.67 Å². The second-order valence-corrected chi connectivity index (χ2v) is 8.23. The first-order valence-corrected chi connectivity index (χ1v) is 10.3. The summed E-state index contributed by atoms with van der Waals surface area (Å²) in [6.07, 6.45) is 7.92. The number of nitrogens with zero attached hydrogens (tertiary/aromatic N) is 2. The van der Waals surface area contributed by atoms with Crippen molar-refractivity contribution in [3.05, 3.63) is 78.0 Å². The fourth-order valence-corrected chi connectivity index (χ4v) is 5.21. The van der Waals surface area contributed by atoms with E-state index >= 15 is 0 Å². The van der Waals surface area contributed by atoms with Crippen LogP contribution in [0.4, 0.5) is 4.39 Å². The number of rotatable bonds is 4. The van der Waals surface area contributed by atoms with Gasteiger partial charge in [0.15, 0.2) is 0 Å². The summed E-state index contributed by atoms with van der Waals surface area (Å²) in [5, 5.41) is 11.0. The SMILES string of the molecule is OC(CC1c2c(F)cccc2-c2cncn21)[C@H]1CC[C@@H](c2ccccc2)CC1. The molecule has 1 aliphatic heterocycles. The molecule has 2 aliphatic rings. The van der Waals surface area contributed by atoms with E-state index in [0.29, 0.717) is 17.9 Å². The zero-order valence-electron chi connectivity index (χ0n) is 15.8. The maximum Gasteiger partial charge on any atom is 0.129 e. The zero-order chi connectivity index (χ0) is 19.1. The van der Waals surface area contributed by atoms with E-state index in [9.17, 15) is 9.50 Å². The predicted octanol–water partition coefficient (Wildman–Crippen LogP) is 5.32. The molecule has 1 fully saturated rings. The van der Waals surface area contributed by atoms with Crippen LogP contribution < -0.4 is 0 Å². The summed E-state index contributed by atoms with van der Waals surface area (Å²) in [5.74, 6) is 0.684. The molecular formula is C24H25FN2O. The molecule has 3 aromatic rings. The Bertz CT molecular complexity index is 960. The van der Waals surface area contributed by atoms with E-state index < -0.39 is 6.10 Å². The molecule has 5 rings (SSSR count). The lowest BCUT2D eigenvalue weighted by atomic mass is 9.75. The summed E-state index contributed by atoms with van der Waals surface area (Å²) in [6, 6.07) is 15.7. The van der Waals surface area contributed by atoms with Gasteiger partial charge in [0.2, 0.25) is 0 Å². The number of aromatic nitrogens is 2. The first kappa shape index (κ1) is 17.6. The lowest BCUT2D eigenvalue weighted by molar-refractivity contribution is 0.0650. The molecule has 2 unspecified atom stereocenters.